The van der Waals surface area contributed by atoms with Crippen LogP contribution >= 0.6 is 0 Å². The normalized spacial score (nSPS) is 12.0. The van der Waals surface area contributed by atoms with Gasteiger partial charge in [-0.3, -0.25) is 4.79 Å². The number of aliphatic hydroxyl groups excluding tert-OH is 1. The van der Waals surface area contributed by atoms with Gasteiger partial charge in [0.1, 0.15) is 5.75 Å². The Kier molecular flexibility index (Phi) is 5.17. The van der Waals surface area contributed by atoms with Crippen molar-refractivity contribution in [1.82, 2.24) is 5.32 Å². The lowest BCUT2D eigenvalue weighted by Crippen LogP contribution is -2.36. The molecule has 0 spiro atoms. The van der Waals surface area contributed by atoms with E-state index < -0.39 is 0 Å². The van der Waals surface area contributed by atoms with E-state index in [1.807, 2.05) is 44.2 Å². The number of hydrogen-bond donors (Lipinski definition) is 3. The molecule has 0 fully saturated rings. The number of hydrogen-bond acceptors (Lipinski definition) is 3. The minimum atomic E-state index is -0.230. The Hall–Kier alpha value is -2.33. The zero-order chi connectivity index (χ0) is 16.1. The monoisotopic (exact) mass is 299 g/mol. The Morgan fingerprint density at radius 2 is 1.91 bits per heavy atom. The number of phenolic OH excluding ortho intramolecular Hbond substituents is 1. The molecule has 0 radical (unpaired) electrons. The summed E-state index contributed by atoms with van der Waals surface area (Å²) in [6.45, 7) is 3.68. The molecule has 0 saturated carbocycles. The van der Waals surface area contributed by atoms with Crippen LogP contribution in [-0.2, 0) is 0 Å². The minimum Gasteiger partial charge on any atom is -0.508 e. The van der Waals surface area contributed by atoms with Crippen LogP contribution in [0.2, 0.25) is 0 Å². The Balaban J connectivity index is 2.26. The molecule has 2 aromatic carbocycles. The highest BCUT2D eigenvalue weighted by atomic mass is 16.3. The number of aromatic hydroxyl groups is 1. The minimum absolute atomic E-state index is 0.0703. The van der Waals surface area contributed by atoms with Gasteiger partial charge < -0.3 is 15.5 Å². The highest BCUT2D eigenvalue weighted by molar-refractivity contribution is 5.95. The first kappa shape index (κ1) is 16.0. The van der Waals surface area contributed by atoms with Crippen LogP contribution in [0.25, 0.3) is 11.1 Å². The van der Waals surface area contributed by atoms with Crippen molar-refractivity contribution in [3.63, 3.8) is 0 Å². The van der Waals surface area contributed by atoms with E-state index in [0.717, 1.165) is 16.7 Å². The molecular formula is C18H21NO3. The smallest absolute Gasteiger partial charge is 0.251 e. The maximum Gasteiger partial charge on any atom is 0.251 e. The fourth-order valence-electron chi connectivity index (χ4n) is 2.22. The predicted octanol–water partition coefficient (Wildman–Crippen LogP) is 2.87. The van der Waals surface area contributed by atoms with Gasteiger partial charge in [0.15, 0.2) is 0 Å². The van der Waals surface area contributed by atoms with Crippen molar-refractivity contribution in [1.29, 1.82) is 0 Å². The van der Waals surface area contributed by atoms with E-state index >= 15 is 0 Å². The third-order valence-corrected chi connectivity index (χ3v) is 3.70. The summed E-state index contributed by atoms with van der Waals surface area (Å²) >= 11 is 0. The molecule has 0 saturated heterocycles. The lowest BCUT2D eigenvalue weighted by Gasteiger charge is -2.14. The van der Waals surface area contributed by atoms with Gasteiger partial charge in [-0.25, -0.2) is 0 Å². The molecular weight excluding hydrogens is 278 g/mol. The zero-order valence-corrected chi connectivity index (χ0v) is 12.8. The topological polar surface area (TPSA) is 69.6 Å². The van der Waals surface area contributed by atoms with E-state index in [1.54, 1.807) is 12.1 Å². The van der Waals surface area contributed by atoms with Crippen LogP contribution in [-0.4, -0.2) is 28.8 Å². The largest absolute Gasteiger partial charge is 0.508 e. The van der Waals surface area contributed by atoms with Crippen molar-refractivity contribution in [2.75, 3.05) is 6.61 Å². The summed E-state index contributed by atoms with van der Waals surface area (Å²) in [4.78, 5) is 12.2. The molecule has 3 N–H and O–H groups in total. The van der Waals surface area contributed by atoms with Gasteiger partial charge in [-0.1, -0.05) is 25.1 Å². The molecule has 4 heteroatoms. The number of carbonyl (C=O) groups excluding carboxylic acids is 1. The molecule has 116 valence electrons. The van der Waals surface area contributed by atoms with Gasteiger partial charge >= 0.3 is 0 Å². The number of aryl methyl sites for hydroxylation is 1. The molecule has 2 aromatic rings. The SMILES string of the molecule is CCC(CO)NC(=O)c1cccc(-c2ccc(O)c(C)c2)c1. The van der Waals surface area contributed by atoms with Crippen molar-refractivity contribution in [3.05, 3.63) is 53.6 Å². The third kappa shape index (κ3) is 3.65. The van der Waals surface area contributed by atoms with Gasteiger partial charge in [-0.15, -0.1) is 0 Å². The Morgan fingerprint density at radius 1 is 1.18 bits per heavy atom. The maximum absolute atomic E-state index is 12.2. The Bertz CT molecular complexity index is 663. The number of aliphatic hydroxyl groups is 1. The molecule has 0 aliphatic rings. The molecule has 1 atom stereocenters. The van der Waals surface area contributed by atoms with Crippen LogP contribution < -0.4 is 5.32 Å². The zero-order valence-electron chi connectivity index (χ0n) is 12.8. The van der Waals surface area contributed by atoms with E-state index in [0.29, 0.717) is 12.0 Å². The lowest BCUT2D eigenvalue weighted by atomic mass is 10.0. The summed E-state index contributed by atoms with van der Waals surface area (Å²) < 4.78 is 0. The van der Waals surface area contributed by atoms with Crippen molar-refractivity contribution in [2.45, 2.75) is 26.3 Å². The number of phenols is 1. The number of rotatable bonds is 5. The first-order valence-corrected chi connectivity index (χ1v) is 7.37. The summed E-state index contributed by atoms with van der Waals surface area (Å²) in [5.74, 6) is 0.0598. The van der Waals surface area contributed by atoms with Gasteiger partial charge in [-0.2, -0.15) is 0 Å². The van der Waals surface area contributed by atoms with E-state index in [4.69, 9.17) is 0 Å². The molecule has 0 aromatic heterocycles. The molecule has 0 bridgehead atoms. The molecule has 1 unspecified atom stereocenters. The summed E-state index contributed by atoms with van der Waals surface area (Å²) in [6, 6.07) is 12.4. The first-order valence-electron chi connectivity index (χ1n) is 7.37. The molecule has 0 heterocycles. The second-order valence-corrected chi connectivity index (χ2v) is 5.34. The van der Waals surface area contributed by atoms with Crippen LogP contribution in [0.4, 0.5) is 0 Å². The van der Waals surface area contributed by atoms with E-state index in [9.17, 15) is 15.0 Å². The van der Waals surface area contributed by atoms with Gasteiger partial charge in [0, 0.05) is 5.56 Å². The van der Waals surface area contributed by atoms with E-state index in [2.05, 4.69) is 5.32 Å². The van der Waals surface area contributed by atoms with Crippen LogP contribution in [0.5, 0.6) is 5.75 Å². The van der Waals surface area contributed by atoms with Gasteiger partial charge in [0.25, 0.3) is 5.91 Å². The quantitative estimate of drug-likeness (QED) is 0.795. The maximum atomic E-state index is 12.2. The number of nitrogens with one attached hydrogen (secondary N) is 1. The van der Waals surface area contributed by atoms with Crippen LogP contribution in [0.15, 0.2) is 42.5 Å². The second kappa shape index (κ2) is 7.09. The average Bonchev–Trinajstić information content (AvgIpc) is 2.55. The summed E-state index contributed by atoms with van der Waals surface area (Å²) in [6.07, 6.45) is 0.680. The number of carbonyl (C=O) groups is 1. The van der Waals surface area contributed by atoms with Crippen molar-refractivity contribution >= 4 is 5.91 Å². The summed E-state index contributed by atoms with van der Waals surface area (Å²) in [7, 11) is 0. The van der Waals surface area contributed by atoms with Gasteiger partial charge in [0.05, 0.1) is 12.6 Å². The third-order valence-electron chi connectivity index (χ3n) is 3.70. The molecule has 22 heavy (non-hydrogen) atoms. The highest BCUT2D eigenvalue weighted by Gasteiger charge is 2.12. The summed E-state index contributed by atoms with van der Waals surface area (Å²) in [5, 5.41) is 21.6. The predicted molar refractivity (Wildman–Crippen MR) is 86.9 cm³/mol. The van der Waals surface area contributed by atoms with Gasteiger partial charge in [0.2, 0.25) is 0 Å². The van der Waals surface area contributed by atoms with E-state index in [-0.39, 0.29) is 24.3 Å². The average molecular weight is 299 g/mol. The second-order valence-electron chi connectivity index (χ2n) is 5.34. The van der Waals surface area contributed by atoms with Crippen molar-refractivity contribution in [2.24, 2.45) is 0 Å². The molecule has 0 aliphatic carbocycles. The highest BCUT2D eigenvalue weighted by Crippen LogP contribution is 2.26. The molecule has 2 rings (SSSR count). The van der Waals surface area contributed by atoms with E-state index in [1.165, 1.54) is 0 Å². The van der Waals surface area contributed by atoms with Crippen LogP contribution in [0.1, 0.15) is 29.3 Å². The number of benzene rings is 2. The molecule has 0 aliphatic heterocycles. The van der Waals surface area contributed by atoms with Crippen LogP contribution in [0.3, 0.4) is 0 Å². The van der Waals surface area contributed by atoms with Crippen molar-refractivity contribution in [3.8, 4) is 16.9 Å². The van der Waals surface area contributed by atoms with Crippen molar-refractivity contribution < 1.29 is 15.0 Å². The standard InChI is InChI=1S/C18H21NO3/c1-3-16(11-20)19-18(22)15-6-4-5-13(10-15)14-7-8-17(21)12(2)9-14/h4-10,16,20-21H,3,11H2,1-2H3,(H,19,22). The molecule has 1 amide bonds. The van der Waals surface area contributed by atoms with Gasteiger partial charge in [-0.05, 0) is 54.3 Å². The Labute approximate surface area is 130 Å². The summed E-state index contributed by atoms with van der Waals surface area (Å²) in [5.41, 5.74) is 3.20. The lowest BCUT2D eigenvalue weighted by molar-refractivity contribution is 0.0915. The fraction of sp³-hybridized carbons (Fsp3) is 0.278. The molecule has 4 nitrogen and oxygen atoms in total. The first-order chi connectivity index (χ1) is 10.5. The Morgan fingerprint density at radius 3 is 2.55 bits per heavy atom. The fourth-order valence-corrected chi connectivity index (χ4v) is 2.22. The number of amides is 1. The van der Waals surface area contributed by atoms with Crippen LogP contribution in [0, 0.1) is 6.92 Å².